The minimum atomic E-state index is -1.02. The monoisotopic (exact) mass is 261 g/mol. The highest BCUT2D eigenvalue weighted by Gasteiger charge is 2.10. The zero-order valence-corrected chi connectivity index (χ0v) is 10.3. The zero-order valence-electron chi connectivity index (χ0n) is 10.3. The van der Waals surface area contributed by atoms with Gasteiger partial charge in [-0.15, -0.1) is 5.10 Å². The number of carboxylic acids is 1. The largest absolute Gasteiger partial charge is 0.478 e. The molecule has 2 aromatic rings. The number of rotatable bonds is 6. The number of aryl methyl sites for hydroxylation is 1. The molecule has 0 amide bonds. The van der Waals surface area contributed by atoms with Gasteiger partial charge in [0.05, 0.1) is 23.1 Å². The van der Waals surface area contributed by atoms with Gasteiger partial charge in [0.15, 0.2) is 0 Å². The van der Waals surface area contributed by atoms with Crippen molar-refractivity contribution in [1.29, 1.82) is 0 Å². The summed E-state index contributed by atoms with van der Waals surface area (Å²) < 4.78 is 1.73. The van der Waals surface area contributed by atoms with Crippen LogP contribution in [-0.4, -0.2) is 32.6 Å². The number of carbonyl (C=O) groups is 1. The molecule has 0 fully saturated rings. The summed E-state index contributed by atoms with van der Waals surface area (Å²) in [6, 6.07) is 4.91. The van der Waals surface area contributed by atoms with Gasteiger partial charge in [0.25, 0.3) is 0 Å². The third-order valence-electron chi connectivity index (χ3n) is 2.69. The molecule has 0 saturated carbocycles. The molecule has 7 heteroatoms. The summed E-state index contributed by atoms with van der Waals surface area (Å²) in [6.45, 7) is 1.42. The molecular formula is C12H15N5O2. The second kappa shape index (κ2) is 5.85. The van der Waals surface area contributed by atoms with E-state index in [1.165, 1.54) is 6.07 Å². The first-order valence-corrected chi connectivity index (χ1v) is 5.88. The lowest BCUT2D eigenvalue weighted by Gasteiger charge is -2.10. The second-order valence-electron chi connectivity index (χ2n) is 4.02. The Hall–Kier alpha value is -2.57. The van der Waals surface area contributed by atoms with Crippen molar-refractivity contribution in [1.82, 2.24) is 15.0 Å². The summed E-state index contributed by atoms with van der Waals surface area (Å²) >= 11 is 0. The molecule has 1 aromatic carbocycles. The van der Waals surface area contributed by atoms with Gasteiger partial charge in [0, 0.05) is 19.3 Å². The number of anilines is 2. The van der Waals surface area contributed by atoms with Crippen LogP contribution in [0.1, 0.15) is 16.8 Å². The van der Waals surface area contributed by atoms with Crippen molar-refractivity contribution in [2.24, 2.45) is 0 Å². The van der Waals surface area contributed by atoms with Crippen LogP contribution in [0.25, 0.3) is 0 Å². The normalized spacial score (nSPS) is 10.3. The highest BCUT2D eigenvalue weighted by molar-refractivity contribution is 5.97. The molecule has 0 aliphatic carbocycles. The summed E-state index contributed by atoms with van der Waals surface area (Å²) in [7, 11) is 0. The van der Waals surface area contributed by atoms with Gasteiger partial charge >= 0.3 is 5.97 Å². The minimum Gasteiger partial charge on any atom is -0.478 e. The van der Waals surface area contributed by atoms with Gasteiger partial charge in [-0.1, -0.05) is 11.3 Å². The van der Waals surface area contributed by atoms with E-state index in [-0.39, 0.29) is 11.3 Å². The van der Waals surface area contributed by atoms with Gasteiger partial charge in [-0.05, 0) is 18.6 Å². The van der Waals surface area contributed by atoms with E-state index >= 15 is 0 Å². The first-order chi connectivity index (χ1) is 9.18. The molecule has 1 aromatic heterocycles. The number of nitrogens with two attached hydrogens (primary N) is 1. The van der Waals surface area contributed by atoms with Gasteiger partial charge in [0.1, 0.15) is 0 Å². The van der Waals surface area contributed by atoms with Crippen LogP contribution in [0.2, 0.25) is 0 Å². The quantitative estimate of drug-likeness (QED) is 0.530. The Balaban J connectivity index is 1.89. The van der Waals surface area contributed by atoms with Crippen LogP contribution >= 0.6 is 0 Å². The average Bonchev–Trinajstić information content (AvgIpc) is 2.89. The number of benzene rings is 1. The van der Waals surface area contributed by atoms with Crippen LogP contribution in [0.5, 0.6) is 0 Å². The Morgan fingerprint density at radius 1 is 1.47 bits per heavy atom. The molecule has 0 aliphatic heterocycles. The first kappa shape index (κ1) is 12.9. The molecule has 0 spiro atoms. The van der Waals surface area contributed by atoms with Crippen molar-refractivity contribution < 1.29 is 9.90 Å². The van der Waals surface area contributed by atoms with Crippen LogP contribution in [0.4, 0.5) is 11.4 Å². The van der Waals surface area contributed by atoms with Gasteiger partial charge < -0.3 is 16.2 Å². The van der Waals surface area contributed by atoms with E-state index in [1.54, 1.807) is 29.2 Å². The predicted octanol–water partition coefficient (Wildman–Crippen LogP) is 1.06. The third kappa shape index (κ3) is 3.21. The number of hydrogen-bond donors (Lipinski definition) is 3. The van der Waals surface area contributed by atoms with Crippen molar-refractivity contribution in [3.8, 4) is 0 Å². The molecule has 0 saturated heterocycles. The number of nitrogens with zero attached hydrogens (tertiary/aromatic N) is 3. The molecule has 100 valence electrons. The van der Waals surface area contributed by atoms with Crippen molar-refractivity contribution in [2.45, 2.75) is 13.0 Å². The summed E-state index contributed by atoms with van der Waals surface area (Å²) in [5.41, 5.74) is 6.80. The first-order valence-electron chi connectivity index (χ1n) is 5.88. The smallest absolute Gasteiger partial charge is 0.337 e. The van der Waals surface area contributed by atoms with Crippen molar-refractivity contribution in [3.05, 3.63) is 36.2 Å². The fourth-order valence-electron chi connectivity index (χ4n) is 1.72. The Morgan fingerprint density at radius 2 is 2.32 bits per heavy atom. The number of aromatic nitrogens is 3. The van der Waals surface area contributed by atoms with E-state index in [4.69, 9.17) is 10.8 Å². The summed E-state index contributed by atoms with van der Waals surface area (Å²) in [5, 5.41) is 19.6. The van der Waals surface area contributed by atoms with Crippen molar-refractivity contribution in [2.75, 3.05) is 17.6 Å². The molecular weight excluding hydrogens is 246 g/mol. The van der Waals surface area contributed by atoms with Crippen molar-refractivity contribution >= 4 is 17.3 Å². The van der Waals surface area contributed by atoms with E-state index in [9.17, 15) is 4.79 Å². The van der Waals surface area contributed by atoms with Gasteiger partial charge in [0.2, 0.25) is 0 Å². The second-order valence-corrected chi connectivity index (χ2v) is 4.02. The lowest BCUT2D eigenvalue weighted by molar-refractivity contribution is 0.0698. The van der Waals surface area contributed by atoms with E-state index in [2.05, 4.69) is 15.6 Å². The predicted molar refractivity (Wildman–Crippen MR) is 70.9 cm³/mol. The number of aromatic carboxylic acids is 1. The summed E-state index contributed by atoms with van der Waals surface area (Å²) in [5.74, 6) is -1.02. The number of nitrogen functional groups attached to an aromatic ring is 1. The molecule has 1 heterocycles. The van der Waals surface area contributed by atoms with E-state index in [0.29, 0.717) is 12.2 Å². The van der Waals surface area contributed by atoms with Crippen LogP contribution in [0, 0.1) is 0 Å². The van der Waals surface area contributed by atoms with Crippen LogP contribution in [0.3, 0.4) is 0 Å². The van der Waals surface area contributed by atoms with Crippen LogP contribution in [-0.2, 0) is 6.54 Å². The molecule has 0 aliphatic rings. The topological polar surface area (TPSA) is 106 Å². The maximum Gasteiger partial charge on any atom is 0.337 e. The molecule has 4 N–H and O–H groups in total. The number of hydrogen-bond acceptors (Lipinski definition) is 5. The van der Waals surface area contributed by atoms with Gasteiger partial charge in [-0.25, -0.2) is 4.79 Å². The molecule has 0 unspecified atom stereocenters. The summed E-state index contributed by atoms with van der Waals surface area (Å²) in [4.78, 5) is 10.9. The Morgan fingerprint density at radius 3 is 3.00 bits per heavy atom. The fraction of sp³-hybridized carbons (Fsp3) is 0.250. The molecule has 19 heavy (non-hydrogen) atoms. The Kier molecular flexibility index (Phi) is 3.97. The van der Waals surface area contributed by atoms with Gasteiger partial charge in [-0.2, -0.15) is 0 Å². The minimum absolute atomic E-state index is 0.112. The lowest BCUT2D eigenvalue weighted by atomic mass is 10.1. The molecule has 2 rings (SSSR count). The molecule has 0 radical (unpaired) electrons. The highest BCUT2D eigenvalue weighted by Crippen LogP contribution is 2.22. The van der Waals surface area contributed by atoms with Crippen LogP contribution < -0.4 is 11.1 Å². The highest BCUT2D eigenvalue weighted by atomic mass is 16.4. The van der Waals surface area contributed by atoms with Gasteiger partial charge in [-0.3, -0.25) is 4.68 Å². The zero-order chi connectivity index (χ0) is 13.7. The Bertz CT molecular complexity index is 553. The molecule has 0 bridgehead atoms. The number of para-hydroxylation sites is 1. The maximum absolute atomic E-state index is 10.9. The lowest BCUT2D eigenvalue weighted by Crippen LogP contribution is -2.10. The SMILES string of the molecule is Nc1c(NCCCn2ccnn2)cccc1C(=O)O. The number of nitrogens with one attached hydrogen (secondary N) is 1. The third-order valence-corrected chi connectivity index (χ3v) is 2.69. The fourth-order valence-corrected chi connectivity index (χ4v) is 1.72. The maximum atomic E-state index is 10.9. The van der Waals surface area contributed by atoms with E-state index < -0.39 is 5.97 Å². The number of carboxylic acid groups (broad SMARTS) is 1. The summed E-state index contributed by atoms with van der Waals surface area (Å²) in [6.07, 6.45) is 4.25. The van der Waals surface area contributed by atoms with Crippen LogP contribution in [0.15, 0.2) is 30.6 Å². The average molecular weight is 261 g/mol. The van der Waals surface area contributed by atoms with E-state index in [0.717, 1.165) is 13.0 Å². The van der Waals surface area contributed by atoms with E-state index in [1.807, 2.05) is 0 Å². The molecule has 0 atom stereocenters. The van der Waals surface area contributed by atoms with Crippen molar-refractivity contribution in [3.63, 3.8) is 0 Å². The molecule has 7 nitrogen and oxygen atoms in total. The standard InChI is InChI=1S/C12H15N5O2/c13-11-9(12(18)19)3-1-4-10(11)14-5-2-7-17-8-6-15-16-17/h1,3-4,6,8,14H,2,5,7,13H2,(H,18,19). The Labute approximate surface area is 110 Å².